The van der Waals surface area contributed by atoms with Crippen molar-refractivity contribution < 1.29 is 9.18 Å². The first-order chi connectivity index (χ1) is 6.87. The van der Waals surface area contributed by atoms with Gasteiger partial charge in [-0.05, 0) is 44.0 Å². The minimum atomic E-state index is -0.707. The second-order valence-electron chi connectivity index (χ2n) is 4.22. The Balaban J connectivity index is 3.20. The lowest BCUT2D eigenvalue weighted by Gasteiger charge is -2.23. The van der Waals surface area contributed by atoms with Crippen molar-refractivity contribution >= 4 is 5.91 Å². The Morgan fingerprint density at radius 3 is 2.40 bits per heavy atom. The molecule has 1 amide bonds. The number of carbonyl (C=O) groups is 1. The molecule has 82 valence electrons. The van der Waals surface area contributed by atoms with Gasteiger partial charge in [0.05, 0.1) is 5.41 Å². The highest BCUT2D eigenvalue weighted by Gasteiger charge is 2.29. The van der Waals surface area contributed by atoms with Crippen molar-refractivity contribution in [3.8, 4) is 0 Å². The highest BCUT2D eigenvalue weighted by molar-refractivity contribution is 5.87. The zero-order valence-electron chi connectivity index (χ0n) is 9.52. The lowest BCUT2D eigenvalue weighted by Crippen LogP contribution is -2.38. The van der Waals surface area contributed by atoms with Gasteiger partial charge in [-0.15, -0.1) is 0 Å². The van der Waals surface area contributed by atoms with E-state index in [4.69, 9.17) is 0 Å². The SMILES string of the molecule is CNC(=O)C(C)(C)c1cc(C)cc(F)c1. The molecule has 0 saturated carbocycles. The number of rotatable bonds is 2. The standard InChI is InChI=1S/C12H16FNO/c1-8-5-9(7-10(13)6-8)12(2,3)11(15)14-4/h5-7H,1-4H3,(H,14,15). The molecule has 1 aromatic rings. The maximum atomic E-state index is 13.2. The van der Waals surface area contributed by atoms with Crippen molar-refractivity contribution in [3.05, 3.63) is 35.1 Å². The van der Waals surface area contributed by atoms with Crippen molar-refractivity contribution in [1.29, 1.82) is 0 Å². The predicted molar refractivity (Wildman–Crippen MR) is 58.2 cm³/mol. The van der Waals surface area contributed by atoms with Gasteiger partial charge in [0.1, 0.15) is 5.82 Å². The number of hydrogen-bond donors (Lipinski definition) is 1. The molecule has 0 atom stereocenters. The van der Waals surface area contributed by atoms with E-state index in [-0.39, 0.29) is 11.7 Å². The summed E-state index contributed by atoms with van der Waals surface area (Å²) in [5.74, 6) is -0.422. The maximum absolute atomic E-state index is 13.2. The predicted octanol–water partition coefficient (Wildman–Crippen LogP) is 2.16. The van der Waals surface area contributed by atoms with E-state index in [1.165, 1.54) is 12.1 Å². The molecule has 0 aliphatic rings. The molecule has 0 fully saturated rings. The van der Waals surface area contributed by atoms with Crippen LogP contribution < -0.4 is 5.32 Å². The van der Waals surface area contributed by atoms with E-state index in [0.29, 0.717) is 5.56 Å². The summed E-state index contributed by atoms with van der Waals surface area (Å²) >= 11 is 0. The van der Waals surface area contributed by atoms with Gasteiger partial charge in [-0.2, -0.15) is 0 Å². The van der Waals surface area contributed by atoms with E-state index < -0.39 is 5.41 Å². The zero-order valence-corrected chi connectivity index (χ0v) is 9.52. The topological polar surface area (TPSA) is 29.1 Å². The van der Waals surface area contributed by atoms with Crippen LogP contribution in [0.1, 0.15) is 25.0 Å². The Morgan fingerprint density at radius 1 is 1.33 bits per heavy atom. The number of amides is 1. The molecule has 0 heterocycles. The third-order valence-corrected chi connectivity index (χ3v) is 2.56. The summed E-state index contributed by atoms with van der Waals surface area (Å²) in [6, 6.07) is 4.68. The average Bonchev–Trinajstić information content (AvgIpc) is 2.15. The van der Waals surface area contributed by atoms with Gasteiger partial charge in [0.25, 0.3) is 0 Å². The van der Waals surface area contributed by atoms with Gasteiger partial charge in [-0.3, -0.25) is 4.79 Å². The van der Waals surface area contributed by atoms with E-state index >= 15 is 0 Å². The highest BCUT2D eigenvalue weighted by Crippen LogP contribution is 2.25. The minimum absolute atomic E-state index is 0.118. The maximum Gasteiger partial charge on any atom is 0.229 e. The van der Waals surface area contributed by atoms with Gasteiger partial charge in [-0.25, -0.2) is 4.39 Å². The summed E-state index contributed by atoms with van der Waals surface area (Å²) in [5.41, 5.74) is 0.808. The monoisotopic (exact) mass is 209 g/mol. The molecule has 0 spiro atoms. The second-order valence-corrected chi connectivity index (χ2v) is 4.22. The van der Waals surface area contributed by atoms with E-state index in [1.54, 1.807) is 20.9 Å². The molecule has 1 rings (SSSR count). The van der Waals surface area contributed by atoms with Crippen LogP contribution in [0.5, 0.6) is 0 Å². The largest absolute Gasteiger partial charge is 0.358 e. The Morgan fingerprint density at radius 2 is 1.93 bits per heavy atom. The number of likely N-dealkylation sites (N-methyl/N-ethyl adjacent to an activating group) is 1. The first kappa shape index (κ1) is 11.7. The molecule has 0 unspecified atom stereocenters. The first-order valence-electron chi connectivity index (χ1n) is 4.88. The van der Waals surface area contributed by atoms with Gasteiger partial charge >= 0.3 is 0 Å². The fourth-order valence-corrected chi connectivity index (χ4v) is 1.54. The number of halogens is 1. The van der Waals surface area contributed by atoms with Crippen molar-refractivity contribution in [1.82, 2.24) is 5.32 Å². The number of benzene rings is 1. The van der Waals surface area contributed by atoms with Crippen LogP contribution in [0.3, 0.4) is 0 Å². The summed E-state index contributed by atoms with van der Waals surface area (Å²) in [5, 5.41) is 2.58. The smallest absolute Gasteiger partial charge is 0.229 e. The quantitative estimate of drug-likeness (QED) is 0.794. The third-order valence-electron chi connectivity index (χ3n) is 2.56. The lowest BCUT2D eigenvalue weighted by molar-refractivity contribution is -0.125. The molecule has 0 aliphatic heterocycles. The van der Waals surface area contributed by atoms with E-state index in [2.05, 4.69) is 5.32 Å². The van der Waals surface area contributed by atoms with Gasteiger partial charge in [0.2, 0.25) is 5.91 Å². The highest BCUT2D eigenvalue weighted by atomic mass is 19.1. The molecule has 1 aromatic carbocycles. The van der Waals surface area contributed by atoms with Crippen LogP contribution in [0.15, 0.2) is 18.2 Å². The third kappa shape index (κ3) is 2.35. The fourth-order valence-electron chi connectivity index (χ4n) is 1.54. The molecule has 0 aliphatic carbocycles. The average molecular weight is 209 g/mol. The first-order valence-corrected chi connectivity index (χ1v) is 4.88. The second kappa shape index (κ2) is 4.01. The summed E-state index contributed by atoms with van der Waals surface area (Å²) in [7, 11) is 1.58. The normalized spacial score (nSPS) is 11.3. The van der Waals surface area contributed by atoms with Crippen LogP contribution in [0.4, 0.5) is 4.39 Å². The van der Waals surface area contributed by atoms with Gasteiger partial charge in [0, 0.05) is 7.05 Å². The van der Waals surface area contributed by atoms with E-state index in [1.807, 2.05) is 13.0 Å². The van der Waals surface area contributed by atoms with E-state index in [9.17, 15) is 9.18 Å². The van der Waals surface area contributed by atoms with Crippen LogP contribution in [-0.4, -0.2) is 13.0 Å². The van der Waals surface area contributed by atoms with Crippen LogP contribution in [-0.2, 0) is 10.2 Å². The van der Waals surface area contributed by atoms with Crippen molar-refractivity contribution in [2.24, 2.45) is 0 Å². The summed E-state index contributed by atoms with van der Waals surface area (Å²) in [6.45, 7) is 5.37. The molecule has 1 N–H and O–H groups in total. The number of aryl methyl sites for hydroxylation is 1. The summed E-state index contributed by atoms with van der Waals surface area (Å²) in [6.07, 6.45) is 0. The number of nitrogens with one attached hydrogen (secondary N) is 1. The Labute approximate surface area is 89.5 Å². The lowest BCUT2D eigenvalue weighted by atomic mass is 9.83. The van der Waals surface area contributed by atoms with Gasteiger partial charge < -0.3 is 5.32 Å². The van der Waals surface area contributed by atoms with Crippen LogP contribution in [0.25, 0.3) is 0 Å². The van der Waals surface area contributed by atoms with Crippen molar-refractivity contribution in [3.63, 3.8) is 0 Å². The van der Waals surface area contributed by atoms with Crippen molar-refractivity contribution in [2.45, 2.75) is 26.2 Å². The molecule has 3 heteroatoms. The molecular formula is C12H16FNO. The molecule has 0 bridgehead atoms. The van der Waals surface area contributed by atoms with E-state index in [0.717, 1.165) is 5.56 Å². The zero-order chi connectivity index (χ0) is 11.6. The summed E-state index contributed by atoms with van der Waals surface area (Å²) in [4.78, 5) is 11.6. The number of hydrogen-bond acceptors (Lipinski definition) is 1. The molecular weight excluding hydrogens is 193 g/mol. The Bertz CT molecular complexity index is 365. The Kier molecular flexibility index (Phi) is 3.12. The van der Waals surface area contributed by atoms with Crippen LogP contribution >= 0.6 is 0 Å². The van der Waals surface area contributed by atoms with Crippen LogP contribution in [0, 0.1) is 12.7 Å². The van der Waals surface area contributed by atoms with Gasteiger partial charge in [0.15, 0.2) is 0 Å². The molecule has 0 radical (unpaired) electrons. The van der Waals surface area contributed by atoms with Crippen LogP contribution in [0.2, 0.25) is 0 Å². The Hall–Kier alpha value is -1.38. The number of carbonyl (C=O) groups excluding carboxylic acids is 1. The fraction of sp³-hybridized carbons (Fsp3) is 0.417. The summed E-state index contributed by atoms with van der Waals surface area (Å²) < 4.78 is 13.2. The molecule has 0 aromatic heterocycles. The minimum Gasteiger partial charge on any atom is -0.358 e. The molecule has 2 nitrogen and oxygen atoms in total. The molecule has 0 saturated heterocycles. The van der Waals surface area contributed by atoms with Gasteiger partial charge in [-0.1, -0.05) is 6.07 Å². The molecule has 15 heavy (non-hydrogen) atoms. The van der Waals surface area contributed by atoms with Crippen molar-refractivity contribution in [2.75, 3.05) is 7.05 Å².